The molecule has 14 heavy (non-hydrogen) atoms. The number of rotatable bonds is 2. The summed E-state index contributed by atoms with van der Waals surface area (Å²) in [6.45, 7) is 0.894. The van der Waals surface area contributed by atoms with Crippen LogP contribution in [0.3, 0.4) is 0 Å². The van der Waals surface area contributed by atoms with Crippen LogP contribution in [-0.4, -0.2) is 17.3 Å². The first-order valence-corrected chi connectivity index (χ1v) is 4.13. The molecule has 0 amide bonds. The van der Waals surface area contributed by atoms with E-state index in [2.05, 4.69) is 9.72 Å². The Morgan fingerprint density at radius 2 is 2.14 bits per heavy atom. The Morgan fingerprint density at radius 3 is 2.64 bits per heavy atom. The summed E-state index contributed by atoms with van der Waals surface area (Å²) in [4.78, 5) is 3.58. The minimum absolute atomic E-state index is 0.0589. The second-order valence-electron chi connectivity index (χ2n) is 2.59. The number of ether oxygens (including phenoxy) is 1. The van der Waals surface area contributed by atoms with Crippen molar-refractivity contribution in [2.75, 3.05) is 0 Å². The summed E-state index contributed by atoms with van der Waals surface area (Å²) in [6.07, 6.45) is -5.03. The number of hydrogen-bond acceptors (Lipinski definition) is 2. The molecule has 78 valence electrons. The van der Waals surface area contributed by atoms with Crippen molar-refractivity contribution in [1.82, 2.24) is 4.98 Å². The van der Waals surface area contributed by atoms with E-state index < -0.39 is 12.3 Å². The summed E-state index contributed by atoms with van der Waals surface area (Å²) in [5.41, 5.74) is 0. The SMILES string of the molecule is C[C@@H](Oc1ncccc1Cl)C(F)(F)F. The van der Waals surface area contributed by atoms with Gasteiger partial charge < -0.3 is 4.74 Å². The van der Waals surface area contributed by atoms with Gasteiger partial charge in [-0.05, 0) is 19.1 Å². The Balaban J connectivity index is 2.75. The molecule has 1 atom stereocenters. The van der Waals surface area contributed by atoms with Crippen molar-refractivity contribution in [3.8, 4) is 5.88 Å². The smallest absolute Gasteiger partial charge is 0.425 e. The van der Waals surface area contributed by atoms with Gasteiger partial charge in [0.1, 0.15) is 5.02 Å². The number of pyridine rings is 1. The average molecular weight is 226 g/mol. The predicted molar refractivity (Wildman–Crippen MR) is 45.4 cm³/mol. The van der Waals surface area contributed by atoms with Crippen molar-refractivity contribution < 1.29 is 17.9 Å². The summed E-state index contributed by atoms with van der Waals surface area (Å²) in [5, 5.41) is 0.0589. The van der Waals surface area contributed by atoms with E-state index in [9.17, 15) is 13.2 Å². The third-order valence-corrected chi connectivity index (χ3v) is 1.76. The van der Waals surface area contributed by atoms with Crippen LogP contribution in [0, 0.1) is 0 Å². The van der Waals surface area contributed by atoms with Crippen LogP contribution in [-0.2, 0) is 0 Å². The largest absolute Gasteiger partial charge is 0.464 e. The average Bonchev–Trinajstić information content (AvgIpc) is 2.07. The van der Waals surface area contributed by atoms with Gasteiger partial charge in [0.2, 0.25) is 5.88 Å². The number of halogens is 4. The summed E-state index contributed by atoms with van der Waals surface area (Å²) in [5.74, 6) is -0.209. The monoisotopic (exact) mass is 225 g/mol. The fourth-order valence-electron chi connectivity index (χ4n) is 0.692. The fraction of sp³-hybridized carbons (Fsp3) is 0.375. The third kappa shape index (κ3) is 2.77. The first kappa shape index (κ1) is 11.1. The lowest BCUT2D eigenvalue weighted by molar-refractivity contribution is -0.189. The number of alkyl halides is 3. The Morgan fingerprint density at radius 1 is 1.50 bits per heavy atom. The van der Waals surface area contributed by atoms with Crippen LogP contribution >= 0.6 is 11.6 Å². The lowest BCUT2D eigenvalue weighted by Gasteiger charge is -2.17. The molecular formula is C8H7ClF3NO. The molecule has 0 N–H and O–H groups in total. The van der Waals surface area contributed by atoms with Gasteiger partial charge in [-0.25, -0.2) is 4.98 Å². The lowest BCUT2D eigenvalue weighted by atomic mass is 10.4. The van der Waals surface area contributed by atoms with E-state index in [1.165, 1.54) is 18.3 Å². The first-order valence-electron chi connectivity index (χ1n) is 3.75. The van der Waals surface area contributed by atoms with Crippen LogP contribution < -0.4 is 4.74 Å². The summed E-state index contributed by atoms with van der Waals surface area (Å²) in [7, 11) is 0. The van der Waals surface area contributed by atoms with Crippen molar-refractivity contribution in [2.24, 2.45) is 0 Å². The molecule has 0 aliphatic rings. The Labute approximate surface area is 83.7 Å². The minimum atomic E-state index is -4.42. The highest BCUT2D eigenvalue weighted by Crippen LogP contribution is 2.27. The zero-order valence-electron chi connectivity index (χ0n) is 7.18. The van der Waals surface area contributed by atoms with Crippen molar-refractivity contribution in [2.45, 2.75) is 19.2 Å². The molecule has 0 aliphatic heterocycles. The molecule has 0 radical (unpaired) electrons. The highest BCUT2D eigenvalue weighted by Gasteiger charge is 2.38. The van der Waals surface area contributed by atoms with Crippen LogP contribution in [0.5, 0.6) is 5.88 Å². The Kier molecular flexibility index (Phi) is 3.21. The van der Waals surface area contributed by atoms with Crippen LogP contribution in [0.4, 0.5) is 13.2 Å². The molecule has 0 fully saturated rings. The van der Waals surface area contributed by atoms with Gasteiger partial charge >= 0.3 is 6.18 Å². The van der Waals surface area contributed by atoms with Gasteiger partial charge in [0.05, 0.1) is 0 Å². The van der Waals surface area contributed by atoms with Gasteiger partial charge in [-0.15, -0.1) is 0 Å². The van der Waals surface area contributed by atoms with E-state index in [1.54, 1.807) is 0 Å². The van der Waals surface area contributed by atoms with Gasteiger partial charge in [0, 0.05) is 6.20 Å². The highest BCUT2D eigenvalue weighted by molar-refractivity contribution is 6.31. The molecule has 0 unspecified atom stereocenters. The molecule has 0 aromatic carbocycles. The van der Waals surface area contributed by atoms with E-state index in [1.807, 2.05) is 0 Å². The van der Waals surface area contributed by atoms with E-state index in [-0.39, 0.29) is 10.9 Å². The van der Waals surface area contributed by atoms with E-state index in [4.69, 9.17) is 11.6 Å². The Hall–Kier alpha value is -0.970. The molecule has 0 aliphatic carbocycles. The summed E-state index contributed by atoms with van der Waals surface area (Å²) in [6, 6.07) is 2.92. The summed E-state index contributed by atoms with van der Waals surface area (Å²) < 4.78 is 40.8. The van der Waals surface area contributed by atoms with Gasteiger partial charge in [0.15, 0.2) is 6.10 Å². The molecule has 1 aromatic rings. The van der Waals surface area contributed by atoms with Crippen molar-refractivity contribution in [3.63, 3.8) is 0 Å². The maximum Gasteiger partial charge on any atom is 0.425 e. The predicted octanol–water partition coefficient (Wildman–Crippen LogP) is 3.06. The lowest BCUT2D eigenvalue weighted by Crippen LogP contribution is -2.31. The van der Waals surface area contributed by atoms with E-state index in [0.717, 1.165) is 6.92 Å². The fourth-order valence-corrected chi connectivity index (χ4v) is 0.858. The second-order valence-corrected chi connectivity index (χ2v) is 3.00. The van der Waals surface area contributed by atoms with Crippen molar-refractivity contribution >= 4 is 11.6 Å². The molecule has 0 spiro atoms. The van der Waals surface area contributed by atoms with Gasteiger partial charge in [-0.3, -0.25) is 0 Å². The molecular weight excluding hydrogens is 219 g/mol. The maximum atomic E-state index is 12.1. The maximum absolute atomic E-state index is 12.1. The standard InChI is InChI=1S/C8H7ClF3NO/c1-5(8(10,11)12)14-7-6(9)3-2-4-13-7/h2-5H,1H3/t5-/m1/s1. The molecule has 6 heteroatoms. The van der Waals surface area contributed by atoms with E-state index >= 15 is 0 Å². The first-order chi connectivity index (χ1) is 6.41. The number of hydrogen-bond donors (Lipinski definition) is 0. The summed E-state index contributed by atoms with van der Waals surface area (Å²) >= 11 is 5.56. The van der Waals surface area contributed by atoms with Gasteiger partial charge in [-0.2, -0.15) is 13.2 Å². The molecule has 1 rings (SSSR count). The zero-order valence-corrected chi connectivity index (χ0v) is 7.93. The van der Waals surface area contributed by atoms with Crippen molar-refractivity contribution in [1.29, 1.82) is 0 Å². The van der Waals surface area contributed by atoms with Gasteiger partial charge in [-0.1, -0.05) is 11.6 Å². The zero-order chi connectivity index (χ0) is 10.8. The van der Waals surface area contributed by atoms with Crippen molar-refractivity contribution in [3.05, 3.63) is 23.4 Å². The van der Waals surface area contributed by atoms with Crippen LogP contribution in [0.1, 0.15) is 6.92 Å². The normalized spacial score (nSPS) is 13.8. The number of nitrogens with zero attached hydrogens (tertiary/aromatic N) is 1. The molecule has 0 bridgehead atoms. The molecule has 1 heterocycles. The van der Waals surface area contributed by atoms with Crippen LogP contribution in [0.2, 0.25) is 5.02 Å². The molecule has 1 aromatic heterocycles. The molecule has 0 saturated heterocycles. The molecule has 0 saturated carbocycles. The third-order valence-electron chi connectivity index (χ3n) is 1.47. The van der Waals surface area contributed by atoms with Crippen LogP contribution in [0.15, 0.2) is 18.3 Å². The quantitative estimate of drug-likeness (QED) is 0.772. The molecule has 2 nitrogen and oxygen atoms in total. The van der Waals surface area contributed by atoms with Gasteiger partial charge in [0.25, 0.3) is 0 Å². The Bertz CT molecular complexity index is 316. The minimum Gasteiger partial charge on any atom is -0.464 e. The second kappa shape index (κ2) is 4.04. The van der Waals surface area contributed by atoms with E-state index in [0.29, 0.717) is 0 Å². The topological polar surface area (TPSA) is 22.1 Å². The van der Waals surface area contributed by atoms with Crippen LogP contribution in [0.25, 0.3) is 0 Å². The highest BCUT2D eigenvalue weighted by atomic mass is 35.5. The number of aromatic nitrogens is 1.